The molecule has 7 heteroatoms. The van der Waals surface area contributed by atoms with Crippen LogP contribution in [-0.2, 0) is 16.6 Å². The van der Waals surface area contributed by atoms with Gasteiger partial charge in [0.05, 0.1) is 11.4 Å². The topological polar surface area (TPSA) is 84.3 Å². The number of imide groups is 2. The number of hydrogen-bond acceptors (Lipinski definition) is 4. The number of nitrogens with zero attached hydrogens (tertiary/aromatic N) is 3. The summed E-state index contributed by atoms with van der Waals surface area (Å²) in [6, 6.07) is -0.717. The lowest BCUT2D eigenvalue weighted by Gasteiger charge is -2.24. The minimum absolute atomic E-state index is 0.0689. The molecule has 18 heavy (non-hydrogen) atoms. The molecule has 2 heterocycles. The largest absolute Gasteiger partial charge is 0.335 e. The summed E-state index contributed by atoms with van der Waals surface area (Å²) in [7, 11) is 1.72. The second-order valence-electron chi connectivity index (χ2n) is 4.49. The van der Waals surface area contributed by atoms with Crippen molar-refractivity contribution in [2.75, 3.05) is 4.90 Å². The first-order valence-corrected chi connectivity index (χ1v) is 5.60. The lowest BCUT2D eigenvalue weighted by atomic mass is 10.1. The predicted molar refractivity (Wildman–Crippen MR) is 62.9 cm³/mol. The maximum Gasteiger partial charge on any atom is 0.335 e. The Morgan fingerprint density at radius 2 is 2.00 bits per heavy atom. The van der Waals surface area contributed by atoms with Crippen molar-refractivity contribution >= 4 is 23.5 Å². The van der Waals surface area contributed by atoms with E-state index >= 15 is 0 Å². The third-order valence-corrected chi connectivity index (χ3v) is 2.64. The Bertz CT molecular complexity index is 512. The molecule has 1 aliphatic rings. The van der Waals surface area contributed by atoms with Crippen molar-refractivity contribution in [2.45, 2.75) is 26.2 Å². The highest BCUT2D eigenvalue weighted by Crippen LogP contribution is 2.27. The van der Waals surface area contributed by atoms with Gasteiger partial charge in [-0.2, -0.15) is 5.10 Å². The first kappa shape index (κ1) is 12.3. The van der Waals surface area contributed by atoms with Crippen LogP contribution in [0.1, 0.15) is 31.9 Å². The molecular weight excluding hydrogens is 236 g/mol. The van der Waals surface area contributed by atoms with Gasteiger partial charge >= 0.3 is 6.03 Å². The molecule has 0 spiro atoms. The summed E-state index contributed by atoms with van der Waals surface area (Å²) in [5.74, 6) is -1.03. The van der Waals surface area contributed by atoms with Crippen LogP contribution >= 0.6 is 0 Å². The van der Waals surface area contributed by atoms with E-state index in [2.05, 4.69) is 10.4 Å². The van der Waals surface area contributed by atoms with Gasteiger partial charge in [0, 0.05) is 13.2 Å². The van der Waals surface area contributed by atoms with Crippen LogP contribution in [0, 0.1) is 0 Å². The number of aryl methyl sites for hydroxylation is 1. The Morgan fingerprint density at radius 3 is 2.56 bits per heavy atom. The van der Waals surface area contributed by atoms with Crippen LogP contribution in [0.2, 0.25) is 0 Å². The van der Waals surface area contributed by atoms with E-state index in [1.807, 2.05) is 13.8 Å². The summed E-state index contributed by atoms with van der Waals surface area (Å²) in [5.41, 5.74) is 1.08. The first-order chi connectivity index (χ1) is 8.40. The zero-order valence-corrected chi connectivity index (χ0v) is 10.4. The van der Waals surface area contributed by atoms with Crippen molar-refractivity contribution in [3.05, 3.63) is 11.9 Å². The minimum Gasteiger partial charge on any atom is -0.277 e. The van der Waals surface area contributed by atoms with Gasteiger partial charge in [-0.1, -0.05) is 13.8 Å². The van der Waals surface area contributed by atoms with Gasteiger partial charge in [-0.3, -0.25) is 19.6 Å². The zero-order chi connectivity index (χ0) is 13.4. The van der Waals surface area contributed by atoms with E-state index in [0.717, 1.165) is 4.90 Å². The maximum atomic E-state index is 11.8. The lowest BCUT2D eigenvalue weighted by molar-refractivity contribution is -0.128. The summed E-state index contributed by atoms with van der Waals surface area (Å²) in [6.07, 6.45) is 1.28. The van der Waals surface area contributed by atoms with Crippen LogP contribution in [0.4, 0.5) is 10.5 Å². The standard InChI is InChI=1S/C11H14N4O3/c1-6(2)10-7(5-14(3)13-10)15-9(17)4-8(16)12-11(15)18/h5-6H,4H2,1-3H3,(H,12,16,18). The number of carbonyl (C=O) groups excluding carboxylic acids is 3. The van der Waals surface area contributed by atoms with Crippen LogP contribution in [0.5, 0.6) is 0 Å². The maximum absolute atomic E-state index is 11.8. The quantitative estimate of drug-likeness (QED) is 0.775. The number of amides is 4. The van der Waals surface area contributed by atoms with Gasteiger partial charge in [0.2, 0.25) is 11.8 Å². The van der Waals surface area contributed by atoms with Gasteiger partial charge in [0.15, 0.2) is 0 Å². The number of carbonyl (C=O) groups is 3. The van der Waals surface area contributed by atoms with Crippen molar-refractivity contribution < 1.29 is 14.4 Å². The monoisotopic (exact) mass is 250 g/mol. The van der Waals surface area contributed by atoms with Crippen LogP contribution in [-0.4, -0.2) is 27.6 Å². The van der Waals surface area contributed by atoms with Gasteiger partial charge in [0.25, 0.3) is 0 Å². The van der Waals surface area contributed by atoms with Crippen LogP contribution < -0.4 is 10.2 Å². The second kappa shape index (κ2) is 4.25. The van der Waals surface area contributed by atoms with E-state index in [-0.39, 0.29) is 12.3 Å². The molecule has 2 rings (SSSR count). The van der Waals surface area contributed by atoms with Crippen LogP contribution in [0.15, 0.2) is 6.20 Å². The Kier molecular flexibility index (Phi) is 2.90. The average molecular weight is 250 g/mol. The summed E-state index contributed by atoms with van der Waals surface area (Å²) < 4.78 is 1.54. The highest BCUT2D eigenvalue weighted by Gasteiger charge is 2.34. The summed E-state index contributed by atoms with van der Waals surface area (Å²) >= 11 is 0. The van der Waals surface area contributed by atoms with E-state index in [1.54, 1.807) is 17.9 Å². The number of aromatic nitrogens is 2. The van der Waals surface area contributed by atoms with E-state index < -0.39 is 17.8 Å². The second-order valence-corrected chi connectivity index (χ2v) is 4.49. The molecule has 0 radical (unpaired) electrons. The Balaban J connectivity index is 2.44. The molecule has 1 fully saturated rings. The normalized spacial score (nSPS) is 16.4. The number of barbiturate groups is 1. The third kappa shape index (κ3) is 1.99. The molecular formula is C11H14N4O3. The van der Waals surface area contributed by atoms with Crippen molar-refractivity contribution in [1.82, 2.24) is 15.1 Å². The molecule has 1 N–H and O–H groups in total. The molecule has 0 bridgehead atoms. The Morgan fingerprint density at radius 1 is 1.33 bits per heavy atom. The predicted octanol–water partition coefficient (Wildman–Crippen LogP) is 0.516. The molecule has 1 aliphatic heterocycles. The third-order valence-electron chi connectivity index (χ3n) is 2.64. The van der Waals surface area contributed by atoms with Crippen molar-refractivity contribution in [3.8, 4) is 0 Å². The van der Waals surface area contributed by atoms with Crippen molar-refractivity contribution in [3.63, 3.8) is 0 Å². The van der Waals surface area contributed by atoms with Crippen LogP contribution in [0.25, 0.3) is 0 Å². The molecule has 1 aromatic heterocycles. The molecule has 7 nitrogen and oxygen atoms in total. The average Bonchev–Trinajstić information content (AvgIpc) is 2.58. The molecule has 0 unspecified atom stereocenters. The van der Waals surface area contributed by atoms with E-state index in [4.69, 9.17) is 0 Å². The molecule has 0 aromatic carbocycles. The number of nitrogens with one attached hydrogen (secondary N) is 1. The van der Waals surface area contributed by atoms with Gasteiger partial charge in [-0.25, -0.2) is 9.69 Å². The van der Waals surface area contributed by atoms with Gasteiger partial charge in [0.1, 0.15) is 6.42 Å². The number of rotatable bonds is 2. The summed E-state index contributed by atoms with van der Waals surface area (Å²) in [5, 5.41) is 6.35. The molecule has 0 atom stereocenters. The van der Waals surface area contributed by atoms with Gasteiger partial charge in [-0.05, 0) is 5.92 Å². The van der Waals surface area contributed by atoms with E-state index in [1.165, 1.54) is 0 Å². The summed E-state index contributed by atoms with van der Waals surface area (Å²) in [4.78, 5) is 35.6. The smallest absolute Gasteiger partial charge is 0.277 e. The Labute approximate surface area is 104 Å². The highest BCUT2D eigenvalue weighted by atomic mass is 16.2. The SMILES string of the molecule is CC(C)c1nn(C)cc1N1C(=O)CC(=O)NC1=O. The van der Waals surface area contributed by atoms with E-state index in [9.17, 15) is 14.4 Å². The zero-order valence-electron chi connectivity index (χ0n) is 10.4. The van der Waals surface area contributed by atoms with Crippen LogP contribution in [0.3, 0.4) is 0 Å². The molecule has 4 amide bonds. The summed E-state index contributed by atoms with van der Waals surface area (Å²) in [6.45, 7) is 3.84. The highest BCUT2D eigenvalue weighted by molar-refractivity contribution is 6.26. The molecule has 1 aromatic rings. The number of urea groups is 1. The van der Waals surface area contributed by atoms with Crippen molar-refractivity contribution in [2.24, 2.45) is 7.05 Å². The fraction of sp³-hybridized carbons (Fsp3) is 0.455. The van der Waals surface area contributed by atoms with E-state index in [0.29, 0.717) is 11.4 Å². The van der Waals surface area contributed by atoms with Gasteiger partial charge in [-0.15, -0.1) is 0 Å². The number of anilines is 1. The van der Waals surface area contributed by atoms with Crippen molar-refractivity contribution in [1.29, 1.82) is 0 Å². The molecule has 1 saturated heterocycles. The molecule has 0 aliphatic carbocycles. The fourth-order valence-electron chi connectivity index (χ4n) is 1.87. The lowest BCUT2D eigenvalue weighted by Crippen LogP contribution is -2.53. The minimum atomic E-state index is -0.717. The molecule has 0 saturated carbocycles. The Hall–Kier alpha value is -2.18. The first-order valence-electron chi connectivity index (χ1n) is 5.60. The molecule has 96 valence electrons. The number of hydrogen-bond donors (Lipinski definition) is 1. The van der Waals surface area contributed by atoms with Gasteiger partial charge < -0.3 is 0 Å². The fourth-order valence-corrected chi connectivity index (χ4v) is 1.87.